The highest BCUT2D eigenvalue weighted by Gasteiger charge is 2.19. The zero-order valence-electron chi connectivity index (χ0n) is 15.5. The number of aryl methyl sites for hydroxylation is 2. The number of carbonyl (C=O) groups excluding carboxylic acids is 2. The van der Waals surface area contributed by atoms with Crippen molar-refractivity contribution in [2.24, 2.45) is 0 Å². The predicted molar refractivity (Wildman–Crippen MR) is 101 cm³/mol. The summed E-state index contributed by atoms with van der Waals surface area (Å²) in [5.74, 6) is 0.113. The van der Waals surface area contributed by atoms with Crippen LogP contribution in [0.2, 0.25) is 0 Å². The van der Waals surface area contributed by atoms with Crippen LogP contribution in [0.25, 0.3) is 11.0 Å². The molecule has 1 aliphatic heterocycles. The summed E-state index contributed by atoms with van der Waals surface area (Å²) in [5, 5.41) is 2.93. The van der Waals surface area contributed by atoms with Crippen molar-refractivity contribution in [3.63, 3.8) is 0 Å². The van der Waals surface area contributed by atoms with E-state index in [0.717, 1.165) is 54.6 Å². The summed E-state index contributed by atoms with van der Waals surface area (Å²) in [6.45, 7) is 6.25. The smallest absolute Gasteiger partial charge is 0.251 e. The van der Waals surface area contributed by atoms with Crippen LogP contribution in [0.15, 0.2) is 18.2 Å². The molecule has 0 radical (unpaired) electrons. The van der Waals surface area contributed by atoms with Crippen molar-refractivity contribution in [3.8, 4) is 0 Å². The molecule has 2 amide bonds. The lowest BCUT2D eigenvalue weighted by Gasteiger charge is -2.15. The Labute approximate surface area is 154 Å². The fourth-order valence-electron chi connectivity index (χ4n) is 3.35. The number of benzene rings is 1. The van der Waals surface area contributed by atoms with Crippen molar-refractivity contribution >= 4 is 22.8 Å². The number of likely N-dealkylation sites (tertiary alicyclic amines) is 1. The van der Waals surface area contributed by atoms with E-state index in [1.54, 1.807) is 12.1 Å². The molecule has 0 saturated carbocycles. The number of rotatable bonds is 7. The highest BCUT2D eigenvalue weighted by Crippen LogP contribution is 2.16. The highest BCUT2D eigenvalue weighted by molar-refractivity contribution is 5.97. The third-order valence-corrected chi connectivity index (χ3v) is 4.81. The highest BCUT2D eigenvalue weighted by atomic mass is 16.2. The second kappa shape index (κ2) is 8.25. The summed E-state index contributed by atoms with van der Waals surface area (Å²) in [5.41, 5.74) is 4.19. The van der Waals surface area contributed by atoms with E-state index in [0.29, 0.717) is 25.1 Å². The number of nitrogens with one attached hydrogen (secondary N) is 1. The average Bonchev–Trinajstić information content (AvgIpc) is 3.08. The Hall–Kier alpha value is -2.50. The van der Waals surface area contributed by atoms with E-state index in [-0.39, 0.29) is 11.8 Å². The summed E-state index contributed by atoms with van der Waals surface area (Å²) in [4.78, 5) is 35.2. The zero-order valence-corrected chi connectivity index (χ0v) is 15.5. The maximum absolute atomic E-state index is 12.4. The van der Waals surface area contributed by atoms with E-state index in [1.165, 1.54) is 0 Å². The number of fused-ring (bicyclic) bond motifs is 1. The average molecular weight is 354 g/mol. The molecule has 0 spiro atoms. The molecular weight excluding hydrogens is 328 g/mol. The molecule has 138 valence electrons. The maximum Gasteiger partial charge on any atom is 0.251 e. The lowest BCUT2D eigenvalue weighted by molar-refractivity contribution is -0.127. The van der Waals surface area contributed by atoms with Crippen LogP contribution in [0.5, 0.6) is 0 Å². The van der Waals surface area contributed by atoms with Crippen LogP contribution < -0.4 is 5.32 Å². The number of amides is 2. The first-order valence-electron chi connectivity index (χ1n) is 9.48. The van der Waals surface area contributed by atoms with Crippen molar-refractivity contribution in [1.82, 2.24) is 20.2 Å². The number of hydrogen-bond acceptors (Lipinski definition) is 4. The molecule has 3 rings (SSSR count). The number of hydrogen-bond donors (Lipinski definition) is 1. The molecule has 0 unspecified atom stereocenters. The molecular formula is C20H26N4O2. The Kier molecular flexibility index (Phi) is 5.81. The van der Waals surface area contributed by atoms with Crippen LogP contribution in [0, 0.1) is 0 Å². The van der Waals surface area contributed by atoms with E-state index in [9.17, 15) is 9.59 Å². The lowest BCUT2D eigenvalue weighted by atomic mass is 10.1. The summed E-state index contributed by atoms with van der Waals surface area (Å²) >= 11 is 0. The Morgan fingerprint density at radius 1 is 1.15 bits per heavy atom. The second-order valence-electron chi connectivity index (χ2n) is 6.62. The van der Waals surface area contributed by atoms with Gasteiger partial charge in [-0.25, -0.2) is 9.97 Å². The predicted octanol–water partition coefficient (Wildman–Crippen LogP) is 2.50. The van der Waals surface area contributed by atoms with Crippen LogP contribution in [-0.2, 0) is 17.6 Å². The molecule has 0 atom stereocenters. The first kappa shape index (κ1) is 18.3. The largest absolute Gasteiger partial charge is 0.352 e. The van der Waals surface area contributed by atoms with Crippen molar-refractivity contribution in [1.29, 1.82) is 0 Å². The molecule has 26 heavy (non-hydrogen) atoms. The van der Waals surface area contributed by atoms with Gasteiger partial charge in [0.2, 0.25) is 5.91 Å². The molecule has 2 heterocycles. The van der Waals surface area contributed by atoms with E-state index in [4.69, 9.17) is 0 Å². The SMILES string of the molecule is CCc1nc2ccc(C(=O)NCCCN3CCCC3=O)cc2nc1CC. The molecule has 1 aromatic heterocycles. The van der Waals surface area contributed by atoms with Crippen LogP contribution in [0.1, 0.15) is 54.9 Å². The summed E-state index contributed by atoms with van der Waals surface area (Å²) in [7, 11) is 0. The fourth-order valence-corrected chi connectivity index (χ4v) is 3.35. The lowest BCUT2D eigenvalue weighted by Crippen LogP contribution is -2.30. The van der Waals surface area contributed by atoms with Gasteiger partial charge in [0.25, 0.3) is 5.91 Å². The molecule has 1 N–H and O–H groups in total. The van der Waals surface area contributed by atoms with Gasteiger partial charge in [0.15, 0.2) is 0 Å². The Morgan fingerprint density at radius 3 is 2.54 bits per heavy atom. The van der Waals surface area contributed by atoms with Crippen LogP contribution in [0.3, 0.4) is 0 Å². The molecule has 1 aromatic carbocycles. The molecule has 1 fully saturated rings. The van der Waals surface area contributed by atoms with Gasteiger partial charge in [0.1, 0.15) is 0 Å². The van der Waals surface area contributed by atoms with Gasteiger partial charge < -0.3 is 10.2 Å². The first-order chi connectivity index (χ1) is 12.6. The van der Waals surface area contributed by atoms with Gasteiger partial charge in [-0.2, -0.15) is 0 Å². The van der Waals surface area contributed by atoms with Crippen molar-refractivity contribution in [3.05, 3.63) is 35.2 Å². The van der Waals surface area contributed by atoms with Gasteiger partial charge in [0, 0.05) is 31.6 Å². The van der Waals surface area contributed by atoms with Crippen LogP contribution >= 0.6 is 0 Å². The third kappa shape index (κ3) is 4.00. The van der Waals surface area contributed by atoms with E-state index in [1.807, 2.05) is 11.0 Å². The number of carbonyl (C=O) groups is 2. The number of aromatic nitrogens is 2. The number of nitrogens with zero attached hydrogens (tertiary/aromatic N) is 3. The molecule has 0 bridgehead atoms. The Morgan fingerprint density at radius 2 is 1.88 bits per heavy atom. The second-order valence-corrected chi connectivity index (χ2v) is 6.62. The van der Waals surface area contributed by atoms with Crippen molar-refractivity contribution in [2.75, 3.05) is 19.6 Å². The molecule has 6 heteroatoms. The van der Waals surface area contributed by atoms with Crippen LogP contribution in [-0.4, -0.2) is 46.3 Å². The van der Waals surface area contributed by atoms with Gasteiger partial charge in [-0.3, -0.25) is 9.59 Å². The van der Waals surface area contributed by atoms with Gasteiger partial charge >= 0.3 is 0 Å². The maximum atomic E-state index is 12.4. The standard InChI is InChI=1S/C20H26N4O2/c1-3-15-16(4-2)23-18-13-14(8-9-17(18)22-15)20(26)21-10-6-12-24-11-5-7-19(24)25/h8-9,13H,3-7,10-12H2,1-2H3,(H,21,26). The third-order valence-electron chi connectivity index (χ3n) is 4.81. The summed E-state index contributed by atoms with van der Waals surface area (Å²) in [6.07, 6.45) is 4.06. The van der Waals surface area contributed by atoms with E-state index >= 15 is 0 Å². The zero-order chi connectivity index (χ0) is 18.5. The van der Waals surface area contributed by atoms with E-state index < -0.39 is 0 Å². The Bertz CT molecular complexity index is 819. The first-order valence-corrected chi connectivity index (χ1v) is 9.48. The molecule has 6 nitrogen and oxygen atoms in total. The molecule has 1 saturated heterocycles. The molecule has 1 aliphatic rings. The van der Waals surface area contributed by atoms with Gasteiger partial charge in [-0.1, -0.05) is 13.8 Å². The van der Waals surface area contributed by atoms with Gasteiger partial charge in [-0.15, -0.1) is 0 Å². The minimum atomic E-state index is -0.112. The Balaban J connectivity index is 1.61. The van der Waals surface area contributed by atoms with Crippen LogP contribution in [0.4, 0.5) is 0 Å². The summed E-state index contributed by atoms with van der Waals surface area (Å²) in [6, 6.07) is 5.46. The summed E-state index contributed by atoms with van der Waals surface area (Å²) < 4.78 is 0. The fraction of sp³-hybridized carbons (Fsp3) is 0.500. The molecule has 2 aromatic rings. The van der Waals surface area contributed by atoms with Crippen molar-refractivity contribution in [2.45, 2.75) is 46.0 Å². The quantitative estimate of drug-likeness (QED) is 0.775. The monoisotopic (exact) mass is 354 g/mol. The normalized spacial score (nSPS) is 14.2. The van der Waals surface area contributed by atoms with Crippen molar-refractivity contribution < 1.29 is 9.59 Å². The molecule has 0 aliphatic carbocycles. The van der Waals surface area contributed by atoms with Gasteiger partial charge in [-0.05, 0) is 43.9 Å². The topological polar surface area (TPSA) is 75.2 Å². The minimum absolute atomic E-state index is 0.112. The van der Waals surface area contributed by atoms with E-state index in [2.05, 4.69) is 29.1 Å². The minimum Gasteiger partial charge on any atom is -0.352 e. The van der Waals surface area contributed by atoms with Gasteiger partial charge in [0.05, 0.1) is 22.4 Å².